The van der Waals surface area contributed by atoms with E-state index in [-0.39, 0.29) is 41.7 Å². The highest BCUT2D eigenvalue weighted by Crippen LogP contribution is 2.31. The number of rotatable bonds is 3. The summed E-state index contributed by atoms with van der Waals surface area (Å²) in [6, 6.07) is 0. The summed E-state index contributed by atoms with van der Waals surface area (Å²) in [7, 11) is -2.33. The molecule has 1 aromatic rings. The van der Waals surface area contributed by atoms with Crippen LogP contribution in [0.2, 0.25) is 5.15 Å². The highest BCUT2D eigenvalue weighted by molar-refractivity contribution is 7.89. The zero-order valence-corrected chi connectivity index (χ0v) is 13.1. The number of hydrogen-bond donors (Lipinski definition) is 2. The second-order valence-corrected chi connectivity index (χ2v) is 7.30. The van der Waals surface area contributed by atoms with E-state index >= 15 is 0 Å². The zero-order chi connectivity index (χ0) is 16.0. The van der Waals surface area contributed by atoms with Crippen LogP contribution in [0.3, 0.4) is 0 Å². The predicted molar refractivity (Wildman–Crippen MR) is 73.5 cm³/mol. The fraction of sp³-hybridized carbons (Fsp3) is 0.636. The third-order valence-electron chi connectivity index (χ3n) is 3.65. The lowest BCUT2D eigenvalue weighted by atomic mass is 9.93. The molecule has 1 fully saturated rings. The topological polar surface area (TPSA) is 113 Å². The molecule has 2 rings (SSSR count). The second kappa shape index (κ2) is 5.24. The van der Waals surface area contributed by atoms with Gasteiger partial charge in [-0.1, -0.05) is 11.6 Å². The number of sulfonamides is 1. The summed E-state index contributed by atoms with van der Waals surface area (Å²) in [6.07, 6.45) is -0.336. The van der Waals surface area contributed by atoms with E-state index in [1.54, 1.807) is 0 Å². The van der Waals surface area contributed by atoms with Crippen LogP contribution in [0, 0.1) is 6.92 Å². The molecule has 0 radical (unpaired) electrons. The quantitative estimate of drug-likeness (QED) is 0.801. The van der Waals surface area contributed by atoms with Gasteiger partial charge >= 0.3 is 5.97 Å². The molecule has 0 saturated carbocycles. The van der Waals surface area contributed by atoms with Gasteiger partial charge in [0.2, 0.25) is 10.0 Å². The van der Waals surface area contributed by atoms with E-state index in [1.807, 2.05) is 0 Å². The lowest BCUT2D eigenvalue weighted by molar-refractivity contribution is -0.162. The van der Waals surface area contributed by atoms with Gasteiger partial charge in [0.1, 0.15) is 10.0 Å². The molecule has 1 aliphatic rings. The number of piperidine rings is 1. The molecule has 2 heterocycles. The lowest BCUT2D eigenvalue weighted by Gasteiger charge is -2.34. The summed E-state index contributed by atoms with van der Waals surface area (Å²) in [5.41, 5.74) is -1.60. The summed E-state index contributed by atoms with van der Waals surface area (Å²) >= 11 is 5.98. The minimum absolute atomic E-state index is 0.00608. The number of carboxylic acids is 1. The third kappa shape index (κ3) is 2.66. The molecule has 0 amide bonds. The van der Waals surface area contributed by atoms with E-state index in [1.165, 1.54) is 18.7 Å². The molecule has 1 saturated heterocycles. The Bertz CT molecular complexity index is 676. The van der Waals surface area contributed by atoms with Crippen molar-refractivity contribution in [3.05, 3.63) is 10.8 Å². The van der Waals surface area contributed by atoms with Gasteiger partial charge < -0.3 is 10.2 Å². The standard InChI is InChI=1S/C11H16ClN3O5S/c1-7-8(9(12)14(2)13-7)21(19,20)15-5-3-11(18,4-6-15)10(16)17/h18H,3-6H2,1-2H3,(H,16,17). The van der Waals surface area contributed by atoms with Gasteiger partial charge in [0.15, 0.2) is 5.60 Å². The Kier molecular flexibility index (Phi) is 4.04. The summed E-state index contributed by atoms with van der Waals surface area (Å²) in [6.45, 7) is 1.36. The Morgan fingerprint density at radius 1 is 1.38 bits per heavy atom. The van der Waals surface area contributed by atoms with Crippen LogP contribution < -0.4 is 0 Å². The largest absolute Gasteiger partial charge is 0.479 e. The van der Waals surface area contributed by atoms with Gasteiger partial charge in [0.05, 0.1) is 5.69 Å². The van der Waals surface area contributed by atoms with Crippen LogP contribution in [0.4, 0.5) is 0 Å². The molecule has 118 valence electrons. The van der Waals surface area contributed by atoms with Crippen molar-refractivity contribution in [2.45, 2.75) is 30.3 Å². The van der Waals surface area contributed by atoms with Gasteiger partial charge in [0, 0.05) is 33.0 Å². The molecule has 0 unspecified atom stereocenters. The Morgan fingerprint density at radius 3 is 2.29 bits per heavy atom. The number of aliphatic carboxylic acids is 1. The zero-order valence-electron chi connectivity index (χ0n) is 11.6. The van der Waals surface area contributed by atoms with Crippen molar-refractivity contribution >= 4 is 27.6 Å². The summed E-state index contributed by atoms with van der Waals surface area (Å²) in [5.74, 6) is -1.34. The normalized spacial score (nSPS) is 19.6. The van der Waals surface area contributed by atoms with Crippen LogP contribution in [0.25, 0.3) is 0 Å². The molecular formula is C11H16ClN3O5S. The smallest absolute Gasteiger partial charge is 0.335 e. The van der Waals surface area contributed by atoms with Crippen molar-refractivity contribution < 1.29 is 23.4 Å². The Balaban J connectivity index is 2.29. The molecule has 1 aliphatic heterocycles. The van der Waals surface area contributed by atoms with Crippen LogP contribution in [-0.4, -0.2) is 57.4 Å². The first-order valence-corrected chi connectivity index (χ1v) is 8.06. The maximum Gasteiger partial charge on any atom is 0.335 e. The van der Waals surface area contributed by atoms with E-state index in [2.05, 4.69) is 5.10 Å². The minimum atomic E-state index is -3.86. The third-order valence-corrected chi connectivity index (χ3v) is 6.24. The fourth-order valence-corrected chi connectivity index (χ4v) is 4.49. The number of aryl methyl sites for hydroxylation is 2. The molecule has 0 spiro atoms. The van der Waals surface area contributed by atoms with Gasteiger partial charge in [-0.05, 0) is 6.92 Å². The van der Waals surface area contributed by atoms with Gasteiger partial charge in [-0.2, -0.15) is 9.40 Å². The number of aromatic nitrogens is 2. The molecule has 0 atom stereocenters. The Morgan fingerprint density at radius 2 is 1.90 bits per heavy atom. The number of aliphatic hydroxyl groups is 1. The first-order chi connectivity index (χ1) is 9.59. The van der Waals surface area contributed by atoms with Crippen molar-refractivity contribution in [2.75, 3.05) is 13.1 Å². The van der Waals surface area contributed by atoms with Crippen LogP contribution >= 0.6 is 11.6 Å². The van der Waals surface area contributed by atoms with E-state index in [0.717, 1.165) is 4.31 Å². The van der Waals surface area contributed by atoms with Gasteiger partial charge in [-0.25, -0.2) is 13.2 Å². The summed E-state index contributed by atoms with van der Waals surface area (Å²) in [4.78, 5) is 10.9. The second-order valence-electron chi connectivity index (χ2n) is 5.07. The molecule has 10 heteroatoms. The number of carbonyl (C=O) groups is 1. The minimum Gasteiger partial charge on any atom is -0.479 e. The van der Waals surface area contributed by atoms with Crippen molar-refractivity contribution in [1.29, 1.82) is 0 Å². The summed E-state index contributed by atoms with van der Waals surface area (Å²) < 4.78 is 27.6. The molecule has 21 heavy (non-hydrogen) atoms. The van der Waals surface area contributed by atoms with Crippen LogP contribution in [0.1, 0.15) is 18.5 Å². The van der Waals surface area contributed by atoms with Crippen LogP contribution in [0.15, 0.2) is 4.90 Å². The molecule has 2 N–H and O–H groups in total. The lowest BCUT2D eigenvalue weighted by Crippen LogP contribution is -2.50. The number of nitrogens with zero attached hydrogens (tertiary/aromatic N) is 3. The van der Waals surface area contributed by atoms with Crippen LogP contribution in [-0.2, 0) is 21.9 Å². The molecule has 0 bridgehead atoms. The Labute approximate surface area is 127 Å². The van der Waals surface area contributed by atoms with Gasteiger partial charge in [-0.15, -0.1) is 0 Å². The molecule has 0 aromatic carbocycles. The first kappa shape index (κ1) is 16.2. The molecular weight excluding hydrogens is 322 g/mol. The van der Waals surface area contributed by atoms with Gasteiger partial charge in [-0.3, -0.25) is 4.68 Å². The van der Waals surface area contributed by atoms with Crippen molar-refractivity contribution in [3.8, 4) is 0 Å². The number of halogens is 1. The SMILES string of the molecule is Cc1nn(C)c(Cl)c1S(=O)(=O)N1CCC(O)(C(=O)O)CC1. The predicted octanol–water partition coefficient (Wildman–Crippen LogP) is -0.0179. The van der Waals surface area contributed by atoms with Gasteiger partial charge in [0.25, 0.3) is 0 Å². The maximum absolute atomic E-state index is 12.6. The fourth-order valence-electron chi connectivity index (χ4n) is 2.34. The summed E-state index contributed by atoms with van der Waals surface area (Å²) in [5, 5.41) is 22.8. The average molecular weight is 338 g/mol. The molecule has 1 aromatic heterocycles. The number of carboxylic acid groups (broad SMARTS) is 1. The van der Waals surface area contributed by atoms with Crippen molar-refractivity contribution in [1.82, 2.24) is 14.1 Å². The van der Waals surface area contributed by atoms with E-state index in [0.29, 0.717) is 0 Å². The van der Waals surface area contributed by atoms with Crippen LogP contribution in [0.5, 0.6) is 0 Å². The van der Waals surface area contributed by atoms with E-state index in [9.17, 15) is 18.3 Å². The van der Waals surface area contributed by atoms with Crippen molar-refractivity contribution in [2.24, 2.45) is 7.05 Å². The highest BCUT2D eigenvalue weighted by atomic mass is 35.5. The highest BCUT2D eigenvalue weighted by Gasteiger charge is 2.43. The van der Waals surface area contributed by atoms with E-state index in [4.69, 9.17) is 16.7 Å². The van der Waals surface area contributed by atoms with Crippen molar-refractivity contribution in [3.63, 3.8) is 0 Å². The first-order valence-electron chi connectivity index (χ1n) is 6.24. The Hall–Kier alpha value is -1.16. The van der Waals surface area contributed by atoms with E-state index < -0.39 is 21.6 Å². The number of hydrogen-bond acceptors (Lipinski definition) is 5. The maximum atomic E-state index is 12.6. The molecule has 8 nitrogen and oxygen atoms in total. The average Bonchev–Trinajstić information content (AvgIpc) is 2.64. The monoisotopic (exact) mass is 337 g/mol. The molecule has 0 aliphatic carbocycles.